The third-order valence-electron chi connectivity index (χ3n) is 4.42. The van der Waals surface area contributed by atoms with Gasteiger partial charge in [-0.1, -0.05) is 49.7 Å². The van der Waals surface area contributed by atoms with Gasteiger partial charge in [-0.05, 0) is 43.6 Å². The first-order valence-electron chi connectivity index (χ1n) is 7.67. The molecule has 0 aliphatic heterocycles. The largest absolute Gasteiger partial charge is 0.297 e. The van der Waals surface area contributed by atoms with E-state index in [0.717, 1.165) is 25.9 Å². The van der Waals surface area contributed by atoms with Gasteiger partial charge in [-0.25, -0.2) is 4.39 Å². The first kappa shape index (κ1) is 18.3. The van der Waals surface area contributed by atoms with Crippen molar-refractivity contribution in [2.24, 2.45) is 0 Å². The molecular formula is C17H25BrFNO. The third kappa shape index (κ3) is 3.92. The number of rotatable bonds is 8. The van der Waals surface area contributed by atoms with E-state index in [-0.39, 0.29) is 18.0 Å². The fourth-order valence-electron chi connectivity index (χ4n) is 3.10. The molecule has 0 aliphatic carbocycles. The molecular weight excluding hydrogens is 333 g/mol. The number of halogens is 2. The predicted octanol–water partition coefficient (Wildman–Crippen LogP) is 4.60. The molecule has 0 aliphatic rings. The number of Topliss-reactive ketones (excluding diaryl/α,β-unsaturated/α-hetero) is 1. The zero-order valence-electron chi connectivity index (χ0n) is 13.4. The van der Waals surface area contributed by atoms with Crippen LogP contribution in [0.4, 0.5) is 4.39 Å². The molecule has 0 aromatic heterocycles. The molecule has 0 amide bonds. The van der Waals surface area contributed by atoms with Crippen LogP contribution in [0, 0.1) is 5.82 Å². The van der Waals surface area contributed by atoms with E-state index < -0.39 is 5.54 Å². The zero-order valence-corrected chi connectivity index (χ0v) is 15.0. The molecule has 0 unspecified atom stereocenters. The molecule has 0 spiro atoms. The second-order valence-corrected chi connectivity index (χ2v) is 6.16. The SMILES string of the molecule is CCN(CC)C(CC)(CC)C(=O)Cc1ccc(Br)cc1F. The topological polar surface area (TPSA) is 20.3 Å². The molecule has 0 saturated heterocycles. The Hall–Kier alpha value is -0.740. The second kappa shape index (κ2) is 8.04. The number of hydrogen-bond acceptors (Lipinski definition) is 2. The van der Waals surface area contributed by atoms with Crippen LogP contribution in [-0.4, -0.2) is 29.3 Å². The molecule has 21 heavy (non-hydrogen) atoms. The number of hydrogen-bond donors (Lipinski definition) is 0. The Kier molecular flexibility index (Phi) is 7.01. The number of benzene rings is 1. The lowest BCUT2D eigenvalue weighted by Gasteiger charge is -2.41. The van der Waals surface area contributed by atoms with Crippen LogP contribution in [0.1, 0.15) is 46.1 Å². The maximum atomic E-state index is 14.0. The van der Waals surface area contributed by atoms with Crippen molar-refractivity contribution in [2.45, 2.75) is 52.5 Å². The molecule has 0 bridgehead atoms. The molecule has 0 N–H and O–H groups in total. The lowest BCUT2D eigenvalue weighted by atomic mass is 9.83. The quantitative estimate of drug-likeness (QED) is 0.677. The Labute approximate surface area is 135 Å². The van der Waals surface area contributed by atoms with E-state index in [1.807, 2.05) is 13.8 Å². The van der Waals surface area contributed by atoms with Crippen molar-refractivity contribution in [1.29, 1.82) is 0 Å². The lowest BCUT2D eigenvalue weighted by Crippen LogP contribution is -2.54. The van der Waals surface area contributed by atoms with E-state index in [2.05, 4.69) is 34.7 Å². The highest BCUT2D eigenvalue weighted by molar-refractivity contribution is 9.10. The van der Waals surface area contributed by atoms with Crippen LogP contribution >= 0.6 is 15.9 Å². The third-order valence-corrected chi connectivity index (χ3v) is 4.92. The predicted molar refractivity (Wildman–Crippen MR) is 89.0 cm³/mol. The van der Waals surface area contributed by atoms with Crippen LogP contribution in [0.5, 0.6) is 0 Å². The average Bonchev–Trinajstić information content (AvgIpc) is 2.47. The smallest absolute Gasteiger partial charge is 0.157 e. The van der Waals surface area contributed by atoms with Crippen molar-refractivity contribution in [1.82, 2.24) is 4.90 Å². The first-order valence-corrected chi connectivity index (χ1v) is 8.46. The number of nitrogens with zero attached hydrogens (tertiary/aromatic N) is 1. The number of likely N-dealkylation sites (N-methyl/N-ethyl adjacent to an activating group) is 1. The van der Waals surface area contributed by atoms with Gasteiger partial charge in [0.2, 0.25) is 0 Å². The molecule has 4 heteroatoms. The monoisotopic (exact) mass is 357 g/mol. The lowest BCUT2D eigenvalue weighted by molar-refractivity contribution is -0.131. The zero-order chi connectivity index (χ0) is 16.0. The van der Waals surface area contributed by atoms with Crippen molar-refractivity contribution in [3.05, 3.63) is 34.1 Å². The van der Waals surface area contributed by atoms with Crippen molar-refractivity contribution >= 4 is 21.7 Å². The molecule has 118 valence electrons. The molecule has 2 nitrogen and oxygen atoms in total. The summed E-state index contributed by atoms with van der Waals surface area (Å²) in [6.07, 6.45) is 1.65. The van der Waals surface area contributed by atoms with E-state index in [0.29, 0.717) is 10.0 Å². The average molecular weight is 358 g/mol. The summed E-state index contributed by atoms with van der Waals surface area (Å²) in [5.74, 6) is -0.212. The summed E-state index contributed by atoms with van der Waals surface area (Å²) in [4.78, 5) is 15.1. The second-order valence-electron chi connectivity index (χ2n) is 5.25. The standard InChI is InChI=1S/C17H25BrFNO/c1-5-17(6-2,20(7-3)8-4)16(21)11-13-9-10-14(18)12-15(13)19/h9-10,12H,5-8,11H2,1-4H3. The minimum Gasteiger partial charge on any atom is -0.297 e. The fourth-order valence-corrected chi connectivity index (χ4v) is 3.43. The van der Waals surface area contributed by atoms with E-state index in [1.54, 1.807) is 12.1 Å². The minimum absolute atomic E-state index is 0.109. The molecule has 1 aromatic rings. The maximum absolute atomic E-state index is 14.0. The Balaban J connectivity index is 3.07. The molecule has 0 radical (unpaired) electrons. The van der Waals surface area contributed by atoms with Crippen LogP contribution in [0.25, 0.3) is 0 Å². The van der Waals surface area contributed by atoms with Crippen molar-refractivity contribution in [2.75, 3.05) is 13.1 Å². The molecule has 0 fully saturated rings. The summed E-state index contributed by atoms with van der Waals surface area (Å²) in [7, 11) is 0. The van der Waals surface area contributed by atoms with Gasteiger partial charge in [0.15, 0.2) is 5.78 Å². The summed E-state index contributed by atoms with van der Waals surface area (Å²) in [5, 5.41) is 0. The van der Waals surface area contributed by atoms with Crippen LogP contribution in [0.2, 0.25) is 0 Å². The van der Waals surface area contributed by atoms with Crippen LogP contribution in [0.15, 0.2) is 22.7 Å². The van der Waals surface area contributed by atoms with E-state index in [1.165, 1.54) is 6.07 Å². The van der Waals surface area contributed by atoms with Gasteiger partial charge in [0.25, 0.3) is 0 Å². The molecule has 0 heterocycles. The van der Waals surface area contributed by atoms with Gasteiger partial charge < -0.3 is 0 Å². The molecule has 0 atom stereocenters. The van der Waals surface area contributed by atoms with Gasteiger partial charge in [-0.2, -0.15) is 0 Å². The summed E-state index contributed by atoms with van der Waals surface area (Å²) < 4.78 is 14.7. The van der Waals surface area contributed by atoms with Gasteiger partial charge in [-0.15, -0.1) is 0 Å². The van der Waals surface area contributed by atoms with Crippen molar-refractivity contribution in [3.8, 4) is 0 Å². The number of ketones is 1. The van der Waals surface area contributed by atoms with Crippen LogP contribution < -0.4 is 0 Å². The number of carbonyl (C=O) groups excluding carboxylic acids is 1. The summed E-state index contributed by atoms with van der Waals surface area (Å²) in [6, 6.07) is 4.89. The highest BCUT2D eigenvalue weighted by atomic mass is 79.9. The summed E-state index contributed by atoms with van der Waals surface area (Å²) in [5.41, 5.74) is -0.00939. The Morgan fingerprint density at radius 1 is 1.19 bits per heavy atom. The van der Waals surface area contributed by atoms with Crippen LogP contribution in [-0.2, 0) is 11.2 Å². The van der Waals surface area contributed by atoms with Crippen LogP contribution in [0.3, 0.4) is 0 Å². The minimum atomic E-state index is -0.483. The van der Waals surface area contributed by atoms with Crippen molar-refractivity contribution < 1.29 is 9.18 Å². The molecule has 1 rings (SSSR count). The van der Waals surface area contributed by atoms with Gasteiger partial charge in [-0.3, -0.25) is 9.69 Å². The Morgan fingerprint density at radius 3 is 2.19 bits per heavy atom. The number of carbonyl (C=O) groups is 1. The summed E-state index contributed by atoms with van der Waals surface area (Å²) in [6.45, 7) is 9.86. The molecule has 1 aromatic carbocycles. The van der Waals surface area contributed by atoms with Crippen molar-refractivity contribution in [3.63, 3.8) is 0 Å². The first-order chi connectivity index (χ1) is 9.94. The van der Waals surface area contributed by atoms with Gasteiger partial charge in [0, 0.05) is 10.9 Å². The van der Waals surface area contributed by atoms with Gasteiger partial charge in [0.1, 0.15) is 5.82 Å². The van der Waals surface area contributed by atoms with Gasteiger partial charge >= 0.3 is 0 Å². The highest BCUT2D eigenvalue weighted by Gasteiger charge is 2.38. The Bertz CT molecular complexity index is 482. The Morgan fingerprint density at radius 2 is 1.76 bits per heavy atom. The fraction of sp³-hybridized carbons (Fsp3) is 0.588. The normalized spacial score (nSPS) is 12.0. The van der Waals surface area contributed by atoms with E-state index in [9.17, 15) is 9.18 Å². The van der Waals surface area contributed by atoms with Gasteiger partial charge in [0.05, 0.1) is 5.54 Å². The van der Waals surface area contributed by atoms with E-state index in [4.69, 9.17) is 0 Å². The van der Waals surface area contributed by atoms with E-state index >= 15 is 0 Å². The maximum Gasteiger partial charge on any atom is 0.157 e. The highest BCUT2D eigenvalue weighted by Crippen LogP contribution is 2.27. The summed E-state index contributed by atoms with van der Waals surface area (Å²) >= 11 is 3.24. The molecule has 0 saturated carbocycles.